The van der Waals surface area contributed by atoms with Gasteiger partial charge in [0.05, 0.1) is 0 Å². The molecule has 1 unspecified atom stereocenters. The average Bonchev–Trinajstić information content (AvgIpc) is 2.63. The van der Waals surface area contributed by atoms with Crippen LogP contribution in [-0.4, -0.2) is 43.7 Å². The summed E-state index contributed by atoms with van der Waals surface area (Å²) in [5.41, 5.74) is 5.46. The van der Waals surface area contributed by atoms with Crippen LogP contribution in [0.2, 0.25) is 0 Å². The fourth-order valence-electron chi connectivity index (χ4n) is 2.02. The first-order valence-corrected chi connectivity index (χ1v) is 5.28. The second-order valence-electron chi connectivity index (χ2n) is 3.75. The molecule has 0 bridgehead atoms. The number of nitrogens with zero attached hydrogens (tertiary/aromatic N) is 1. The van der Waals surface area contributed by atoms with E-state index < -0.39 is 0 Å². The molecule has 14 heavy (non-hydrogen) atoms. The summed E-state index contributed by atoms with van der Waals surface area (Å²) in [6.45, 7) is 1.80. The zero-order chi connectivity index (χ0) is 10.4. The lowest BCUT2D eigenvalue weighted by molar-refractivity contribution is -0.136. The molecule has 1 aliphatic heterocycles. The second-order valence-corrected chi connectivity index (χ2v) is 3.75. The number of hydrogen-bond acceptors (Lipinski definition) is 3. The van der Waals surface area contributed by atoms with Gasteiger partial charge in [0.15, 0.2) is 0 Å². The van der Waals surface area contributed by atoms with E-state index in [0.717, 1.165) is 32.2 Å². The molecule has 0 radical (unpaired) electrons. The first-order valence-electron chi connectivity index (χ1n) is 5.28. The van der Waals surface area contributed by atoms with Crippen LogP contribution in [0.3, 0.4) is 0 Å². The highest BCUT2D eigenvalue weighted by Crippen LogP contribution is 2.21. The number of hydrogen-bond donors (Lipinski definition) is 1. The van der Waals surface area contributed by atoms with E-state index in [-0.39, 0.29) is 12.5 Å². The smallest absolute Gasteiger partial charge is 0.248 e. The molecule has 0 aromatic heterocycles. The molecule has 0 aliphatic carbocycles. The van der Waals surface area contributed by atoms with E-state index in [4.69, 9.17) is 10.5 Å². The monoisotopic (exact) mass is 200 g/mol. The minimum Gasteiger partial charge on any atom is -0.375 e. The van der Waals surface area contributed by atoms with Crippen molar-refractivity contribution in [3.05, 3.63) is 0 Å². The molecule has 82 valence electrons. The Balaban J connectivity index is 2.38. The Morgan fingerprint density at radius 1 is 1.64 bits per heavy atom. The van der Waals surface area contributed by atoms with E-state index in [0.29, 0.717) is 12.6 Å². The van der Waals surface area contributed by atoms with Gasteiger partial charge in [-0.3, -0.25) is 4.79 Å². The summed E-state index contributed by atoms with van der Waals surface area (Å²) >= 11 is 0. The molecule has 2 N–H and O–H groups in total. The van der Waals surface area contributed by atoms with E-state index >= 15 is 0 Å². The van der Waals surface area contributed by atoms with Crippen LogP contribution in [0.5, 0.6) is 0 Å². The first-order chi connectivity index (χ1) is 6.79. The maximum absolute atomic E-state index is 11.6. The van der Waals surface area contributed by atoms with E-state index in [2.05, 4.69) is 0 Å². The number of carbonyl (C=O) groups excluding carboxylic acids is 1. The average molecular weight is 200 g/mol. The van der Waals surface area contributed by atoms with Gasteiger partial charge in [0.25, 0.3) is 0 Å². The lowest BCUT2D eigenvalue weighted by Gasteiger charge is -2.24. The summed E-state index contributed by atoms with van der Waals surface area (Å²) in [5, 5.41) is 0. The van der Waals surface area contributed by atoms with Crippen LogP contribution in [-0.2, 0) is 9.53 Å². The van der Waals surface area contributed by atoms with Crippen molar-refractivity contribution in [1.29, 1.82) is 0 Å². The molecule has 0 aromatic carbocycles. The molecule has 1 rings (SSSR count). The maximum Gasteiger partial charge on any atom is 0.248 e. The highest BCUT2D eigenvalue weighted by atomic mass is 16.5. The Hall–Kier alpha value is -0.610. The van der Waals surface area contributed by atoms with E-state index in [1.807, 2.05) is 4.90 Å². The molecule has 0 saturated carbocycles. The second kappa shape index (κ2) is 5.98. The van der Waals surface area contributed by atoms with Crippen LogP contribution in [0.4, 0.5) is 0 Å². The molecular weight excluding hydrogens is 180 g/mol. The molecule has 0 spiro atoms. The van der Waals surface area contributed by atoms with Crippen molar-refractivity contribution >= 4 is 5.91 Å². The van der Waals surface area contributed by atoms with Gasteiger partial charge in [-0.05, 0) is 32.2 Å². The SMILES string of the molecule is COCC(=O)N1CCCC1CCCN. The number of methoxy groups -OCH3 is 1. The number of likely N-dealkylation sites (tertiary alicyclic amines) is 1. The van der Waals surface area contributed by atoms with Crippen molar-refractivity contribution < 1.29 is 9.53 Å². The highest BCUT2D eigenvalue weighted by Gasteiger charge is 2.27. The third-order valence-electron chi connectivity index (χ3n) is 2.71. The van der Waals surface area contributed by atoms with Crippen molar-refractivity contribution in [2.45, 2.75) is 31.7 Å². The van der Waals surface area contributed by atoms with Crippen LogP contribution in [0.25, 0.3) is 0 Å². The van der Waals surface area contributed by atoms with Gasteiger partial charge in [-0.2, -0.15) is 0 Å². The summed E-state index contributed by atoms with van der Waals surface area (Å²) in [4.78, 5) is 13.5. The third kappa shape index (κ3) is 2.96. The lowest BCUT2D eigenvalue weighted by atomic mass is 10.1. The quantitative estimate of drug-likeness (QED) is 0.697. The third-order valence-corrected chi connectivity index (χ3v) is 2.71. The number of nitrogens with two attached hydrogens (primary N) is 1. The lowest BCUT2D eigenvalue weighted by Crippen LogP contribution is -2.37. The van der Waals surface area contributed by atoms with E-state index in [9.17, 15) is 4.79 Å². The molecule has 4 nitrogen and oxygen atoms in total. The summed E-state index contributed by atoms with van der Waals surface area (Å²) in [5.74, 6) is 0.118. The number of carbonyl (C=O) groups is 1. The maximum atomic E-state index is 11.6. The standard InChI is InChI=1S/C10H20N2O2/c1-14-8-10(13)12-7-3-5-9(12)4-2-6-11/h9H,2-8,11H2,1H3. The summed E-state index contributed by atoms with van der Waals surface area (Å²) in [6.07, 6.45) is 4.27. The van der Waals surface area contributed by atoms with Gasteiger partial charge < -0.3 is 15.4 Å². The fraction of sp³-hybridized carbons (Fsp3) is 0.900. The van der Waals surface area contributed by atoms with Crippen molar-refractivity contribution in [3.8, 4) is 0 Å². The highest BCUT2D eigenvalue weighted by molar-refractivity contribution is 5.78. The predicted octanol–water partition coefficient (Wildman–Crippen LogP) is 0.363. The summed E-state index contributed by atoms with van der Waals surface area (Å²) in [6, 6.07) is 0.404. The largest absolute Gasteiger partial charge is 0.375 e. The van der Waals surface area contributed by atoms with Crippen LogP contribution in [0.1, 0.15) is 25.7 Å². The minimum atomic E-state index is 0.118. The van der Waals surface area contributed by atoms with Crippen molar-refractivity contribution in [2.24, 2.45) is 5.73 Å². The van der Waals surface area contributed by atoms with Gasteiger partial charge in [-0.25, -0.2) is 0 Å². The van der Waals surface area contributed by atoms with Crippen molar-refractivity contribution in [2.75, 3.05) is 26.8 Å². The van der Waals surface area contributed by atoms with Crippen LogP contribution < -0.4 is 5.73 Å². The Labute approximate surface area is 85.4 Å². The zero-order valence-corrected chi connectivity index (χ0v) is 8.87. The Bertz CT molecular complexity index is 185. The van der Waals surface area contributed by atoms with Crippen LogP contribution in [0, 0.1) is 0 Å². The summed E-state index contributed by atoms with van der Waals surface area (Å²) in [7, 11) is 1.56. The molecule has 1 amide bonds. The molecule has 1 fully saturated rings. The number of amides is 1. The van der Waals surface area contributed by atoms with Gasteiger partial charge >= 0.3 is 0 Å². The number of rotatable bonds is 5. The Morgan fingerprint density at radius 3 is 3.07 bits per heavy atom. The van der Waals surface area contributed by atoms with E-state index in [1.54, 1.807) is 7.11 Å². The fourth-order valence-corrected chi connectivity index (χ4v) is 2.02. The Kier molecular flexibility index (Phi) is 4.90. The first kappa shape index (κ1) is 11.5. The Morgan fingerprint density at radius 2 is 2.43 bits per heavy atom. The van der Waals surface area contributed by atoms with Crippen LogP contribution >= 0.6 is 0 Å². The normalized spacial score (nSPS) is 21.6. The molecule has 1 saturated heterocycles. The van der Waals surface area contributed by atoms with E-state index in [1.165, 1.54) is 0 Å². The van der Waals surface area contributed by atoms with Gasteiger partial charge in [-0.15, -0.1) is 0 Å². The molecule has 4 heteroatoms. The molecule has 1 atom stereocenters. The van der Waals surface area contributed by atoms with Gasteiger partial charge in [0, 0.05) is 19.7 Å². The molecule has 1 heterocycles. The van der Waals surface area contributed by atoms with Crippen LogP contribution in [0.15, 0.2) is 0 Å². The number of ether oxygens (including phenoxy) is 1. The molecule has 1 aliphatic rings. The van der Waals surface area contributed by atoms with Gasteiger partial charge in [0.2, 0.25) is 5.91 Å². The minimum absolute atomic E-state index is 0.118. The summed E-state index contributed by atoms with van der Waals surface area (Å²) < 4.78 is 4.85. The molecule has 0 aromatic rings. The van der Waals surface area contributed by atoms with Crippen molar-refractivity contribution in [1.82, 2.24) is 4.90 Å². The predicted molar refractivity (Wildman–Crippen MR) is 54.9 cm³/mol. The van der Waals surface area contributed by atoms with Crippen molar-refractivity contribution in [3.63, 3.8) is 0 Å². The topological polar surface area (TPSA) is 55.6 Å². The van der Waals surface area contributed by atoms with Gasteiger partial charge in [-0.1, -0.05) is 0 Å². The molecular formula is C10H20N2O2. The zero-order valence-electron chi connectivity index (χ0n) is 8.87. The van der Waals surface area contributed by atoms with Gasteiger partial charge in [0.1, 0.15) is 6.61 Å².